The number of halogens is 2. The van der Waals surface area contributed by atoms with Crippen LogP contribution in [0.5, 0.6) is 0 Å². The summed E-state index contributed by atoms with van der Waals surface area (Å²) in [5, 5.41) is 0. The Morgan fingerprint density at radius 3 is 2.62 bits per heavy atom. The second-order valence-electron chi connectivity index (χ2n) is 3.22. The molecule has 1 unspecified atom stereocenters. The van der Waals surface area contributed by atoms with E-state index in [-0.39, 0.29) is 10.9 Å². The third-order valence-corrected chi connectivity index (χ3v) is 4.92. The average molecular weight is 369 g/mol. The van der Waals surface area contributed by atoms with E-state index in [9.17, 15) is 8.42 Å². The van der Waals surface area contributed by atoms with E-state index in [0.29, 0.717) is 8.95 Å². The standard InChI is InChI=1S/C10H11Br2NO2S/c1-3-7(2)13-16(14,15)10-6-8(11)4-5-9(10)12/h3-7,13H,1H2,2H3. The maximum absolute atomic E-state index is 12.0. The van der Waals surface area contributed by atoms with Crippen LogP contribution in [0.2, 0.25) is 0 Å². The summed E-state index contributed by atoms with van der Waals surface area (Å²) >= 11 is 6.45. The highest BCUT2D eigenvalue weighted by Crippen LogP contribution is 2.25. The van der Waals surface area contributed by atoms with Gasteiger partial charge in [-0.1, -0.05) is 22.0 Å². The summed E-state index contributed by atoms with van der Waals surface area (Å²) in [6.45, 7) is 5.25. The van der Waals surface area contributed by atoms with Gasteiger partial charge in [0.1, 0.15) is 0 Å². The fraction of sp³-hybridized carbons (Fsp3) is 0.200. The van der Waals surface area contributed by atoms with Crippen LogP contribution < -0.4 is 4.72 Å². The highest BCUT2D eigenvalue weighted by atomic mass is 79.9. The van der Waals surface area contributed by atoms with Crippen LogP contribution in [0.15, 0.2) is 44.7 Å². The van der Waals surface area contributed by atoms with E-state index in [1.54, 1.807) is 25.1 Å². The van der Waals surface area contributed by atoms with Crippen LogP contribution in [-0.2, 0) is 10.0 Å². The zero-order valence-corrected chi connectivity index (χ0v) is 12.6. The molecule has 0 aliphatic carbocycles. The van der Waals surface area contributed by atoms with Crippen LogP contribution in [0.1, 0.15) is 6.92 Å². The van der Waals surface area contributed by atoms with Crippen LogP contribution in [0, 0.1) is 0 Å². The van der Waals surface area contributed by atoms with E-state index in [4.69, 9.17) is 0 Å². The Hall–Kier alpha value is -0.170. The molecule has 1 aromatic carbocycles. The summed E-state index contributed by atoms with van der Waals surface area (Å²) in [6.07, 6.45) is 1.53. The predicted octanol–water partition coefficient (Wildman–Crippen LogP) is 3.06. The van der Waals surface area contributed by atoms with Gasteiger partial charge in [0.15, 0.2) is 0 Å². The summed E-state index contributed by atoms with van der Waals surface area (Å²) in [5.41, 5.74) is 0. The molecular formula is C10H11Br2NO2S. The van der Waals surface area contributed by atoms with Crippen molar-refractivity contribution in [1.82, 2.24) is 4.72 Å². The Morgan fingerprint density at radius 2 is 2.06 bits per heavy atom. The zero-order valence-electron chi connectivity index (χ0n) is 8.57. The number of benzene rings is 1. The van der Waals surface area contributed by atoms with Crippen molar-refractivity contribution in [2.24, 2.45) is 0 Å². The first-order chi connectivity index (χ1) is 7.36. The third kappa shape index (κ3) is 3.41. The molecule has 0 radical (unpaired) electrons. The lowest BCUT2D eigenvalue weighted by atomic mass is 10.4. The van der Waals surface area contributed by atoms with Crippen LogP contribution in [0.4, 0.5) is 0 Å². The van der Waals surface area contributed by atoms with E-state index >= 15 is 0 Å². The van der Waals surface area contributed by atoms with Crippen molar-refractivity contribution in [3.05, 3.63) is 39.8 Å². The lowest BCUT2D eigenvalue weighted by Crippen LogP contribution is -2.31. The number of rotatable bonds is 4. The van der Waals surface area contributed by atoms with Gasteiger partial charge in [-0.25, -0.2) is 13.1 Å². The highest BCUT2D eigenvalue weighted by Gasteiger charge is 2.19. The molecule has 1 rings (SSSR count). The first kappa shape index (κ1) is 13.9. The fourth-order valence-corrected chi connectivity index (χ4v) is 3.76. The zero-order chi connectivity index (χ0) is 12.3. The maximum atomic E-state index is 12.0. The number of sulfonamides is 1. The van der Waals surface area contributed by atoms with Crippen molar-refractivity contribution in [2.45, 2.75) is 17.9 Å². The quantitative estimate of drug-likeness (QED) is 0.830. The second kappa shape index (κ2) is 5.44. The molecular weight excluding hydrogens is 358 g/mol. The largest absolute Gasteiger partial charge is 0.242 e. The molecule has 1 atom stereocenters. The van der Waals surface area contributed by atoms with Gasteiger partial charge in [0.25, 0.3) is 0 Å². The van der Waals surface area contributed by atoms with Crippen molar-refractivity contribution in [3.63, 3.8) is 0 Å². The predicted molar refractivity (Wildman–Crippen MR) is 71.8 cm³/mol. The Bertz CT molecular complexity index is 500. The van der Waals surface area contributed by atoms with Crippen LogP contribution >= 0.6 is 31.9 Å². The van der Waals surface area contributed by atoms with E-state index in [2.05, 4.69) is 43.2 Å². The topological polar surface area (TPSA) is 46.2 Å². The van der Waals surface area contributed by atoms with Crippen LogP contribution in [-0.4, -0.2) is 14.5 Å². The summed E-state index contributed by atoms with van der Waals surface area (Å²) in [6, 6.07) is 4.68. The molecule has 0 heterocycles. The molecule has 0 aliphatic rings. The molecule has 0 saturated heterocycles. The van der Waals surface area contributed by atoms with Gasteiger partial charge in [0, 0.05) is 15.0 Å². The molecule has 0 bridgehead atoms. The van der Waals surface area contributed by atoms with Gasteiger partial charge in [0.2, 0.25) is 10.0 Å². The maximum Gasteiger partial charge on any atom is 0.242 e. The number of hydrogen-bond acceptors (Lipinski definition) is 2. The van der Waals surface area contributed by atoms with Crippen molar-refractivity contribution in [3.8, 4) is 0 Å². The molecule has 0 amide bonds. The number of hydrogen-bond donors (Lipinski definition) is 1. The lowest BCUT2D eigenvalue weighted by molar-refractivity contribution is 0.575. The molecule has 0 spiro atoms. The molecule has 6 heteroatoms. The van der Waals surface area contributed by atoms with Crippen molar-refractivity contribution < 1.29 is 8.42 Å². The Kier molecular flexibility index (Phi) is 4.73. The van der Waals surface area contributed by atoms with Gasteiger partial charge < -0.3 is 0 Å². The van der Waals surface area contributed by atoms with Crippen LogP contribution in [0.25, 0.3) is 0 Å². The molecule has 16 heavy (non-hydrogen) atoms. The monoisotopic (exact) mass is 367 g/mol. The Balaban J connectivity index is 3.16. The summed E-state index contributed by atoms with van der Waals surface area (Å²) in [7, 11) is -3.52. The second-order valence-corrected chi connectivity index (χ2v) is 6.67. The van der Waals surface area contributed by atoms with Gasteiger partial charge in [-0.3, -0.25) is 0 Å². The van der Waals surface area contributed by atoms with Gasteiger partial charge >= 0.3 is 0 Å². The first-order valence-electron chi connectivity index (χ1n) is 4.47. The lowest BCUT2D eigenvalue weighted by Gasteiger charge is -2.11. The van der Waals surface area contributed by atoms with E-state index in [1.807, 2.05) is 0 Å². The Labute approximate surface area is 112 Å². The molecule has 0 saturated carbocycles. The number of nitrogens with one attached hydrogen (secondary N) is 1. The van der Waals surface area contributed by atoms with E-state index in [0.717, 1.165) is 0 Å². The SMILES string of the molecule is C=CC(C)NS(=O)(=O)c1cc(Br)ccc1Br. The fourth-order valence-electron chi connectivity index (χ4n) is 1.04. The molecule has 1 aromatic rings. The van der Waals surface area contributed by atoms with Gasteiger partial charge in [-0.2, -0.15) is 0 Å². The van der Waals surface area contributed by atoms with Crippen LogP contribution in [0.3, 0.4) is 0 Å². The van der Waals surface area contributed by atoms with Crippen molar-refractivity contribution in [1.29, 1.82) is 0 Å². The first-order valence-corrected chi connectivity index (χ1v) is 7.53. The Morgan fingerprint density at radius 1 is 1.44 bits per heavy atom. The molecule has 3 nitrogen and oxygen atoms in total. The van der Waals surface area contributed by atoms with Gasteiger partial charge in [-0.05, 0) is 41.1 Å². The minimum absolute atomic E-state index is 0.204. The van der Waals surface area contributed by atoms with E-state index in [1.165, 1.54) is 6.08 Å². The molecule has 88 valence electrons. The van der Waals surface area contributed by atoms with Crippen molar-refractivity contribution in [2.75, 3.05) is 0 Å². The van der Waals surface area contributed by atoms with Crippen molar-refractivity contribution >= 4 is 41.9 Å². The summed E-state index contributed by atoms with van der Waals surface area (Å²) in [5.74, 6) is 0. The smallest absolute Gasteiger partial charge is 0.207 e. The molecule has 1 N–H and O–H groups in total. The summed E-state index contributed by atoms with van der Waals surface area (Å²) in [4.78, 5) is 0.204. The molecule has 0 fully saturated rings. The highest BCUT2D eigenvalue weighted by molar-refractivity contribution is 9.11. The third-order valence-electron chi connectivity index (χ3n) is 1.88. The normalized spacial score (nSPS) is 13.4. The molecule has 0 aliphatic heterocycles. The minimum Gasteiger partial charge on any atom is -0.207 e. The van der Waals surface area contributed by atoms with Gasteiger partial charge in [0.05, 0.1) is 4.90 Å². The average Bonchev–Trinajstić information content (AvgIpc) is 2.20. The van der Waals surface area contributed by atoms with E-state index < -0.39 is 10.0 Å². The minimum atomic E-state index is -3.52. The van der Waals surface area contributed by atoms with Gasteiger partial charge in [-0.15, -0.1) is 6.58 Å². The summed E-state index contributed by atoms with van der Waals surface area (Å²) < 4.78 is 27.7. The molecule has 0 aromatic heterocycles.